The van der Waals surface area contributed by atoms with Crippen molar-refractivity contribution < 1.29 is 19.1 Å². The van der Waals surface area contributed by atoms with E-state index in [4.69, 9.17) is 15.2 Å². The van der Waals surface area contributed by atoms with Crippen LogP contribution in [0.25, 0.3) is 0 Å². The maximum atomic E-state index is 13.1. The minimum Gasteiger partial charge on any atom is -0.461 e. The molecular formula is C26H36N6O4. The lowest BCUT2D eigenvalue weighted by atomic mass is 9.92. The van der Waals surface area contributed by atoms with E-state index in [1.54, 1.807) is 18.0 Å². The third-order valence-electron chi connectivity index (χ3n) is 7.02. The first-order valence-corrected chi connectivity index (χ1v) is 12.7. The van der Waals surface area contributed by atoms with Crippen LogP contribution in [0.3, 0.4) is 0 Å². The first-order chi connectivity index (χ1) is 17.2. The number of pyridine rings is 1. The van der Waals surface area contributed by atoms with Gasteiger partial charge in [0.05, 0.1) is 6.10 Å². The van der Waals surface area contributed by atoms with Gasteiger partial charge in [-0.1, -0.05) is 6.07 Å². The van der Waals surface area contributed by atoms with E-state index in [9.17, 15) is 9.59 Å². The van der Waals surface area contributed by atoms with E-state index in [1.165, 1.54) is 0 Å². The molecular weight excluding hydrogens is 460 g/mol. The summed E-state index contributed by atoms with van der Waals surface area (Å²) in [5, 5.41) is 0. The van der Waals surface area contributed by atoms with E-state index in [0.29, 0.717) is 23.8 Å². The smallest absolute Gasteiger partial charge is 0.319 e. The maximum Gasteiger partial charge on any atom is 0.319 e. The number of ether oxygens (including phenoxy) is 2. The molecule has 0 aromatic carbocycles. The highest BCUT2D eigenvalue weighted by Crippen LogP contribution is 2.30. The van der Waals surface area contributed by atoms with Crippen molar-refractivity contribution in [1.29, 1.82) is 0 Å². The van der Waals surface area contributed by atoms with Crippen molar-refractivity contribution in [3.63, 3.8) is 0 Å². The molecule has 2 aliphatic rings. The molecule has 0 aliphatic carbocycles. The van der Waals surface area contributed by atoms with Gasteiger partial charge in [0.15, 0.2) is 0 Å². The van der Waals surface area contributed by atoms with Crippen LogP contribution in [0.4, 0.5) is 5.82 Å². The molecule has 4 rings (SSSR count). The van der Waals surface area contributed by atoms with Crippen molar-refractivity contribution in [3.8, 4) is 6.01 Å². The van der Waals surface area contributed by atoms with Crippen LogP contribution in [0, 0.1) is 6.92 Å². The van der Waals surface area contributed by atoms with Gasteiger partial charge in [0.2, 0.25) is 0 Å². The maximum absolute atomic E-state index is 13.1. The number of piperidine rings is 1. The van der Waals surface area contributed by atoms with Crippen LogP contribution < -0.4 is 15.4 Å². The second-order valence-electron chi connectivity index (χ2n) is 9.88. The Morgan fingerprint density at radius 2 is 1.94 bits per heavy atom. The first-order valence-electron chi connectivity index (χ1n) is 12.7. The van der Waals surface area contributed by atoms with E-state index in [-0.39, 0.29) is 30.0 Å². The number of primary amides is 1. The van der Waals surface area contributed by atoms with Crippen LogP contribution in [-0.4, -0.2) is 77.2 Å². The molecule has 2 aromatic heterocycles. The zero-order valence-corrected chi connectivity index (χ0v) is 21.6. The molecule has 0 radical (unpaired) electrons. The molecule has 1 atom stereocenters. The molecule has 2 saturated heterocycles. The molecule has 0 bridgehead atoms. The molecule has 4 heterocycles. The van der Waals surface area contributed by atoms with Gasteiger partial charge in [-0.15, -0.1) is 0 Å². The Bertz CT molecular complexity index is 1090. The number of hydrogen-bond donors (Lipinski definition) is 1. The van der Waals surface area contributed by atoms with E-state index < -0.39 is 5.91 Å². The van der Waals surface area contributed by atoms with Gasteiger partial charge in [0.1, 0.15) is 23.8 Å². The number of nitrogens with zero attached hydrogens (tertiary/aromatic N) is 5. The fourth-order valence-corrected chi connectivity index (χ4v) is 4.53. The van der Waals surface area contributed by atoms with E-state index >= 15 is 0 Å². The number of carbonyl (C=O) groups is 2. The summed E-state index contributed by atoms with van der Waals surface area (Å²) in [5.74, 6) is 0.200. The van der Waals surface area contributed by atoms with Crippen LogP contribution in [0.5, 0.6) is 6.01 Å². The van der Waals surface area contributed by atoms with Crippen molar-refractivity contribution >= 4 is 17.6 Å². The van der Waals surface area contributed by atoms with Crippen LogP contribution >= 0.6 is 0 Å². The number of nitrogens with two attached hydrogens (primary N) is 1. The molecule has 2 fully saturated rings. The Labute approximate surface area is 212 Å². The van der Waals surface area contributed by atoms with Gasteiger partial charge in [0.25, 0.3) is 11.8 Å². The molecule has 2 N–H and O–H groups in total. The Morgan fingerprint density at radius 3 is 2.58 bits per heavy atom. The number of rotatable bonds is 8. The Balaban J connectivity index is 1.51. The minimum absolute atomic E-state index is 0.0257. The molecule has 10 nitrogen and oxygen atoms in total. The number of hydrogen-bond acceptors (Lipinski definition) is 8. The Morgan fingerprint density at radius 1 is 1.19 bits per heavy atom. The number of anilines is 1. The van der Waals surface area contributed by atoms with Crippen molar-refractivity contribution in [2.75, 3.05) is 38.3 Å². The van der Waals surface area contributed by atoms with Crippen molar-refractivity contribution in [1.82, 2.24) is 19.9 Å². The molecule has 2 aromatic rings. The summed E-state index contributed by atoms with van der Waals surface area (Å²) in [6.45, 7) is 8.31. The SMILES string of the molecule is Cc1ccc(C2CCN(c3cc(C(=O)N(C)C(C)C)nc(OC[C@H]4CCCO4)n3)CC2)nc1C(N)=O. The zero-order valence-electron chi connectivity index (χ0n) is 21.6. The van der Waals surface area contributed by atoms with Gasteiger partial charge in [-0.05, 0) is 58.1 Å². The minimum atomic E-state index is -0.508. The van der Waals surface area contributed by atoms with E-state index in [1.807, 2.05) is 32.9 Å². The monoisotopic (exact) mass is 496 g/mol. The molecule has 194 valence electrons. The third kappa shape index (κ3) is 5.92. The highest BCUT2D eigenvalue weighted by atomic mass is 16.5. The van der Waals surface area contributed by atoms with Crippen molar-refractivity contribution in [2.45, 2.75) is 64.5 Å². The average molecular weight is 497 g/mol. The molecule has 10 heteroatoms. The van der Waals surface area contributed by atoms with Gasteiger partial charge >= 0.3 is 6.01 Å². The first kappa shape index (κ1) is 25.8. The van der Waals surface area contributed by atoms with Crippen molar-refractivity contribution in [2.24, 2.45) is 5.73 Å². The Kier molecular flexibility index (Phi) is 8.03. The standard InChI is InChI=1S/C26H36N6O4/c1-16(2)31(4)25(34)21-14-22(30-26(29-21)36-15-19-6-5-13-35-19)32-11-9-18(10-12-32)20-8-7-17(3)23(28-20)24(27)33/h7-8,14,16,18-19H,5-6,9-13,15H2,1-4H3,(H2,27,33)/t19-/m1/s1. The normalized spacial score (nSPS) is 18.5. The van der Waals surface area contributed by atoms with Gasteiger partial charge in [-0.25, -0.2) is 4.98 Å². The summed E-state index contributed by atoms with van der Waals surface area (Å²) in [6.07, 6.45) is 3.65. The number of aromatic nitrogens is 3. The highest BCUT2D eigenvalue weighted by molar-refractivity contribution is 5.93. The Hall–Kier alpha value is -3.27. The van der Waals surface area contributed by atoms with Gasteiger partial charge < -0.3 is 25.0 Å². The lowest BCUT2D eigenvalue weighted by Gasteiger charge is -2.33. The summed E-state index contributed by atoms with van der Waals surface area (Å²) < 4.78 is 11.5. The summed E-state index contributed by atoms with van der Waals surface area (Å²) >= 11 is 0. The fraction of sp³-hybridized carbons (Fsp3) is 0.577. The van der Waals surface area contributed by atoms with Crippen molar-refractivity contribution in [3.05, 3.63) is 40.8 Å². The second-order valence-corrected chi connectivity index (χ2v) is 9.88. The molecule has 0 saturated carbocycles. The third-order valence-corrected chi connectivity index (χ3v) is 7.02. The van der Waals surface area contributed by atoms with Gasteiger partial charge in [0, 0.05) is 50.5 Å². The largest absolute Gasteiger partial charge is 0.461 e. The van der Waals surface area contributed by atoms with E-state index in [2.05, 4.69) is 19.9 Å². The highest BCUT2D eigenvalue weighted by Gasteiger charge is 2.26. The predicted octanol–water partition coefficient (Wildman–Crippen LogP) is 2.70. The molecule has 36 heavy (non-hydrogen) atoms. The molecule has 0 spiro atoms. The molecule has 2 amide bonds. The number of amides is 2. The summed E-state index contributed by atoms with van der Waals surface area (Å²) in [4.78, 5) is 42.2. The van der Waals surface area contributed by atoms with Crippen LogP contribution in [0.15, 0.2) is 18.2 Å². The van der Waals surface area contributed by atoms with Gasteiger partial charge in [-0.2, -0.15) is 9.97 Å². The number of aryl methyl sites for hydroxylation is 1. The predicted molar refractivity (Wildman–Crippen MR) is 135 cm³/mol. The summed E-state index contributed by atoms with van der Waals surface area (Å²) in [6, 6.07) is 5.85. The summed E-state index contributed by atoms with van der Waals surface area (Å²) in [5.41, 5.74) is 7.80. The zero-order chi connectivity index (χ0) is 25.8. The topological polar surface area (TPSA) is 124 Å². The quantitative estimate of drug-likeness (QED) is 0.592. The summed E-state index contributed by atoms with van der Waals surface area (Å²) in [7, 11) is 1.77. The lowest BCUT2D eigenvalue weighted by Crippen LogP contribution is -2.36. The van der Waals surface area contributed by atoms with E-state index in [0.717, 1.165) is 56.6 Å². The fourth-order valence-electron chi connectivity index (χ4n) is 4.53. The lowest BCUT2D eigenvalue weighted by molar-refractivity contribution is 0.0639. The van der Waals surface area contributed by atoms with Crippen LogP contribution in [0.1, 0.15) is 77.7 Å². The van der Waals surface area contributed by atoms with Crippen LogP contribution in [0.2, 0.25) is 0 Å². The average Bonchev–Trinajstić information content (AvgIpc) is 3.40. The van der Waals surface area contributed by atoms with Gasteiger partial charge in [-0.3, -0.25) is 9.59 Å². The second kappa shape index (κ2) is 11.2. The van der Waals surface area contributed by atoms with Crippen LogP contribution in [-0.2, 0) is 4.74 Å². The molecule has 0 unspecified atom stereocenters. The number of carbonyl (C=O) groups excluding carboxylic acids is 2. The molecule has 2 aliphatic heterocycles.